The minimum absolute atomic E-state index is 0.391. The van der Waals surface area contributed by atoms with Crippen LogP contribution in [0, 0.1) is 12.8 Å². The highest BCUT2D eigenvalue weighted by Crippen LogP contribution is 2.38. The van der Waals surface area contributed by atoms with Crippen LogP contribution in [-0.2, 0) is 6.54 Å². The standard InChI is InChI=1S/C22H21BrN4O2/c1-12-3-6-17-15(9-12)10-16(13(2)28)22(24-17)29-19-8-7-18-21(20(19)23)25-26-27(18)11-14-4-5-14/h3,6-10,13-14,28H,4-5,11H2,1-2H3. The predicted molar refractivity (Wildman–Crippen MR) is 115 cm³/mol. The van der Waals surface area contributed by atoms with Gasteiger partial charge in [-0.15, -0.1) is 5.10 Å². The molecule has 1 aliphatic carbocycles. The molecule has 7 heteroatoms. The molecule has 5 rings (SSSR count). The number of pyridine rings is 1. The molecular formula is C22H21BrN4O2. The third-order valence-corrected chi connectivity index (χ3v) is 6.10. The van der Waals surface area contributed by atoms with Crippen LogP contribution in [0.25, 0.3) is 21.9 Å². The van der Waals surface area contributed by atoms with E-state index in [4.69, 9.17) is 4.74 Å². The van der Waals surface area contributed by atoms with E-state index >= 15 is 0 Å². The van der Waals surface area contributed by atoms with Crippen molar-refractivity contribution in [2.45, 2.75) is 39.3 Å². The van der Waals surface area contributed by atoms with Crippen molar-refractivity contribution in [3.8, 4) is 11.6 Å². The Balaban J connectivity index is 1.56. The van der Waals surface area contributed by atoms with Crippen molar-refractivity contribution in [3.05, 3.63) is 52.0 Å². The number of benzene rings is 2. The van der Waals surface area contributed by atoms with Crippen LogP contribution < -0.4 is 4.74 Å². The summed E-state index contributed by atoms with van der Waals surface area (Å²) >= 11 is 3.62. The second-order valence-electron chi connectivity index (χ2n) is 7.82. The SMILES string of the molecule is Cc1ccc2nc(Oc3ccc4c(nnn4CC4CC4)c3Br)c(C(C)O)cc2c1. The second kappa shape index (κ2) is 7.07. The van der Waals surface area contributed by atoms with E-state index in [9.17, 15) is 5.11 Å². The average Bonchev–Trinajstić information content (AvgIpc) is 3.42. The van der Waals surface area contributed by atoms with Crippen molar-refractivity contribution in [2.75, 3.05) is 0 Å². The number of ether oxygens (including phenoxy) is 1. The number of rotatable bonds is 5. The van der Waals surface area contributed by atoms with E-state index < -0.39 is 6.10 Å². The Morgan fingerprint density at radius 3 is 2.83 bits per heavy atom. The molecule has 2 aromatic heterocycles. The Labute approximate surface area is 176 Å². The third-order valence-electron chi connectivity index (χ3n) is 5.34. The summed E-state index contributed by atoms with van der Waals surface area (Å²) < 4.78 is 8.85. The Kier molecular flexibility index (Phi) is 4.52. The minimum Gasteiger partial charge on any atom is -0.437 e. The third kappa shape index (κ3) is 3.49. The van der Waals surface area contributed by atoms with Crippen LogP contribution in [0.3, 0.4) is 0 Å². The molecule has 0 radical (unpaired) electrons. The Morgan fingerprint density at radius 2 is 2.07 bits per heavy atom. The van der Waals surface area contributed by atoms with Gasteiger partial charge in [-0.3, -0.25) is 0 Å². The average molecular weight is 453 g/mol. The van der Waals surface area contributed by atoms with Gasteiger partial charge in [0, 0.05) is 17.5 Å². The van der Waals surface area contributed by atoms with Gasteiger partial charge in [0.25, 0.3) is 0 Å². The number of aliphatic hydroxyl groups excluding tert-OH is 1. The monoisotopic (exact) mass is 452 g/mol. The lowest BCUT2D eigenvalue weighted by atomic mass is 10.1. The first-order chi connectivity index (χ1) is 14.0. The Bertz CT molecular complexity index is 1230. The summed E-state index contributed by atoms with van der Waals surface area (Å²) in [6.07, 6.45) is 1.82. The molecule has 29 heavy (non-hydrogen) atoms. The molecule has 0 spiro atoms. The Hall–Kier alpha value is -2.51. The number of nitrogens with zero attached hydrogens (tertiary/aromatic N) is 4. The number of fused-ring (bicyclic) bond motifs is 2. The van der Waals surface area contributed by atoms with Gasteiger partial charge in [-0.1, -0.05) is 16.8 Å². The van der Waals surface area contributed by atoms with Gasteiger partial charge in [-0.2, -0.15) is 0 Å². The van der Waals surface area contributed by atoms with E-state index in [-0.39, 0.29) is 0 Å². The molecule has 1 saturated carbocycles. The van der Waals surface area contributed by atoms with Gasteiger partial charge < -0.3 is 9.84 Å². The van der Waals surface area contributed by atoms with Gasteiger partial charge in [0.1, 0.15) is 11.3 Å². The molecule has 148 valence electrons. The summed E-state index contributed by atoms with van der Waals surface area (Å²) in [7, 11) is 0. The molecule has 1 N–H and O–H groups in total. The van der Waals surface area contributed by atoms with E-state index in [1.54, 1.807) is 6.92 Å². The topological polar surface area (TPSA) is 73.1 Å². The number of aromatic nitrogens is 4. The first kappa shape index (κ1) is 18.5. The number of hydrogen-bond donors (Lipinski definition) is 1. The van der Waals surface area contributed by atoms with Gasteiger partial charge in [-0.05, 0) is 78.9 Å². The molecule has 6 nitrogen and oxygen atoms in total. The van der Waals surface area contributed by atoms with Crippen LogP contribution in [0.5, 0.6) is 11.6 Å². The molecule has 0 amide bonds. The Morgan fingerprint density at radius 1 is 1.24 bits per heavy atom. The number of aliphatic hydroxyl groups is 1. The van der Waals surface area contributed by atoms with Crippen molar-refractivity contribution >= 4 is 37.9 Å². The zero-order valence-corrected chi connectivity index (χ0v) is 17.8. The summed E-state index contributed by atoms with van der Waals surface area (Å²) in [4.78, 5) is 4.66. The highest BCUT2D eigenvalue weighted by molar-refractivity contribution is 9.10. The second-order valence-corrected chi connectivity index (χ2v) is 8.61. The van der Waals surface area contributed by atoms with Gasteiger partial charge in [-0.25, -0.2) is 9.67 Å². The normalized spacial score (nSPS) is 15.2. The largest absolute Gasteiger partial charge is 0.437 e. The van der Waals surface area contributed by atoms with Crippen molar-refractivity contribution in [1.29, 1.82) is 0 Å². The summed E-state index contributed by atoms with van der Waals surface area (Å²) in [5.74, 6) is 1.70. The fraction of sp³-hybridized carbons (Fsp3) is 0.318. The maximum atomic E-state index is 10.3. The van der Waals surface area contributed by atoms with E-state index in [0.29, 0.717) is 23.1 Å². The first-order valence-corrected chi connectivity index (χ1v) is 10.6. The molecule has 0 bridgehead atoms. The van der Waals surface area contributed by atoms with Gasteiger partial charge in [0.05, 0.1) is 21.6 Å². The highest BCUT2D eigenvalue weighted by Gasteiger charge is 2.24. The lowest BCUT2D eigenvalue weighted by Gasteiger charge is -2.15. The minimum atomic E-state index is -0.704. The fourth-order valence-corrected chi connectivity index (χ4v) is 4.02. The van der Waals surface area contributed by atoms with Crippen LogP contribution in [0.15, 0.2) is 40.9 Å². The highest BCUT2D eigenvalue weighted by atomic mass is 79.9. The van der Waals surface area contributed by atoms with Crippen LogP contribution in [0.1, 0.15) is 37.0 Å². The van der Waals surface area contributed by atoms with Crippen molar-refractivity contribution in [3.63, 3.8) is 0 Å². The molecule has 1 fully saturated rings. The molecule has 0 saturated heterocycles. The molecule has 2 aromatic carbocycles. The van der Waals surface area contributed by atoms with E-state index in [1.165, 1.54) is 12.8 Å². The van der Waals surface area contributed by atoms with Gasteiger partial charge >= 0.3 is 0 Å². The van der Waals surface area contributed by atoms with Gasteiger partial charge in [0.15, 0.2) is 0 Å². The molecule has 1 aliphatic rings. The van der Waals surface area contributed by atoms with Crippen molar-refractivity contribution in [1.82, 2.24) is 20.0 Å². The quantitative estimate of drug-likeness (QED) is 0.444. The summed E-state index contributed by atoms with van der Waals surface area (Å²) in [6, 6.07) is 11.8. The lowest BCUT2D eigenvalue weighted by Crippen LogP contribution is -2.02. The number of aryl methyl sites for hydroxylation is 1. The smallest absolute Gasteiger partial charge is 0.225 e. The zero-order valence-electron chi connectivity index (χ0n) is 16.3. The lowest BCUT2D eigenvalue weighted by molar-refractivity contribution is 0.195. The molecule has 4 aromatic rings. The van der Waals surface area contributed by atoms with E-state index in [1.807, 2.05) is 41.9 Å². The molecule has 1 unspecified atom stereocenters. The number of hydrogen-bond acceptors (Lipinski definition) is 5. The van der Waals surface area contributed by atoms with Gasteiger partial charge in [0.2, 0.25) is 5.88 Å². The van der Waals surface area contributed by atoms with Crippen LogP contribution >= 0.6 is 15.9 Å². The van der Waals surface area contributed by atoms with Crippen LogP contribution in [0.2, 0.25) is 0 Å². The van der Waals surface area contributed by atoms with E-state index in [0.717, 1.165) is 38.5 Å². The summed E-state index contributed by atoms with van der Waals surface area (Å²) in [6.45, 7) is 4.66. The van der Waals surface area contributed by atoms with Crippen LogP contribution in [0.4, 0.5) is 0 Å². The molecule has 0 aliphatic heterocycles. The molecule has 2 heterocycles. The zero-order chi connectivity index (χ0) is 20.1. The van der Waals surface area contributed by atoms with Crippen molar-refractivity contribution < 1.29 is 9.84 Å². The molecule has 1 atom stereocenters. The number of halogens is 1. The van der Waals surface area contributed by atoms with E-state index in [2.05, 4.69) is 37.3 Å². The maximum absolute atomic E-state index is 10.3. The molecular weight excluding hydrogens is 432 g/mol. The first-order valence-electron chi connectivity index (χ1n) is 9.78. The maximum Gasteiger partial charge on any atom is 0.225 e. The van der Waals surface area contributed by atoms with Crippen LogP contribution in [-0.4, -0.2) is 25.1 Å². The van der Waals surface area contributed by atoms with Crippen molar-refractivity contribution in [2.24, 2.45) is 5.92 Å². The summed E-state index contributed by atoms with van der Waals surface area (Å²) in [5.41, 5.74) is 4.36. The predicted octanol–water partition coefficient (Wildman–Crippen LogP) is 5.31. The fourth-order valence-electron chi connectivity index (χ4n) is 3.52. The summed E-state index contributed by atoms with van der Waals surface area (Å²) in [5, 5.41) is 19.9.